The second-order valence-electron chi connectivity index (χ2n) is 8.83. The van der Waals surface area contributed by atoms with Gasteiger partial charge in [0.2, 0.25) is 5.78 Å². The molecule has 0 radical (unpaired) electrons. The lowest BCUT2D eigenvalue weighted by Gasteiger charge is -2.06. The van der Waals surface area contributed by atoms with Crippen LogP contribution in [-0.2, 0) is 4.79 Å². The average molecular weight is 565 g/mol. The molecule has 2 heterocycles. The Kier molecular flexibility index (Phi) is 11.1. The molecule has 0 bridgehead atoms. The predicted molar refractivity (Wildman–Crippen MR) is 170 cm³/mol. The van der Waals surface area contributed by atoms with Crippen LogP contribution in [0, 0.1) is 5.41 Å². The van der Waals surface area contributed by atoms with Crippen LogP contribution in [0.5, 0.6) is 5.75 Å². The number of hydrogen-bond acceptors (Lipinski definition) is 5. The fourth-order valence-corrected chi connectivity index (χ4v) is 4.68. The van der Waals surface area contributed by atoms with Crippen molar-refractivity contribution in [2.75, 3.05) is 7.11 Å². The molecule has 0 fully saturated rings. The maximum Gasteiger partial charge on any atom is 0.300 e. The first kappa shape index (κ1) is 30.5. The number of carbonyl (C=O) groups excluding carboxylic acids is 1. The Bertz CT molecular complexity index is 1690. The van der Waals surface area contributed by atoms with E-state index >= 15 is 0 Å². The van der Waals surface area contributed by atoms with Gasteiger partial charge in [0, 0.05) is 46.4 Å². The van der Waals surface area contributed by atoms with Crippen LogP contribution < -0.4 is 4.74 Å². The van der Waals surface area contributed by atoms with Gasteiger partial charge >= 0.3 is 0 Å². The number of allylic oxidation sites excluding steroid dienone is 4. The molecule has 2 aromatic heterocycles. The molecule has 3 aromatic carbocycles. The normalized spacial score (nSPS) is 10.5. The summed E-state index contributed by atoms with van der Waals surface area (Å²) >= 11 is 1.45. The number of thiophene rings is 1. The SMILES string of the molecule is C=C/C=C(\C=C)CC(=N)c1ccc2[nH]c3ccc(C(=O)c4cccs4)cc3c2c1.CC(=O)O.COc1ccccc1. The number of hydrogen-bond donors (Lipinski definition) is 3. The Hall–Kier alpha value is -5.01. The average Bonchev–Trinajstić information content (AvgIpc) is 3.65. The highest BCUT2D eigenvalue weighted by atomic mass is 32.1. The van der Waals surface area contributed by atoms with Crippen LogP contribution in [0.2, 0.25) is 0 Å². The molecule has 0 amide bonds. The first-order valence-corrected chi connectivity index (χ1v) is 13.6. The standard InChI is InChI=1S/C25H20N2OS.C7H8O.C2H4O2/c1-3-6-16(4-2)13-21(26)17-8-10-22-19(14-17)20-15-18(9-11-23(20)27-22)25(28)24-7-5-12-29-24;1-8-7-5-3-2-4-6-7;1-2(3)4/h3-12,14-15,26-27H,1-2,13H2;2-6H,1H3;1H3,(H,3,4)/b16-6+,26-21?;;. The molecule has 6 nitrogen and oxygen atoms in total. The summed E-state index contributed by atoms with van der Waals surface area (Å²) < 4.78 is 4.91. The maximum atomic E-state index is 12.7. The molecular formula is C34H32N2O4S. The lowest BCUT2D eigenvalue weighted by molar-refractivity contribution is -0.134. The lowest BCUT2D eigenvalue weighted by Crippen LogP contribution is -2.00. The number of ketones is 1. The highest BCUT2D eigenvalue weighted by Gasteiger charge is 2.14. The summed E-state index contributed by atoms with van der Waals surface area (Å²) in [6.07, 6.45) is 5.82. The van der Waals surface area contributed by atoms with Crippen molar-refractivity contribution in [3.63, 3.8) is 0 Å². The van der Waals surface area contributed by atoms with Crippen molar-refractivity contribution in [2.24, 2.45) is 0 Å². The van der Waals surface area contributed by atoms with Gasteiger partial charge in [0.1, 0.15) is 5.75 Å². The van der Waals surface area contributed by atoms with Crippen molar-refractivity contribution in [3.05, 3.63) is 137 Å². The minimum Gasteiger partial charge on any atom is -0.497 e. The predicted octanol–water partition coefficient (Wildman–Crippen LogP) is 8.46. The number of aromatic nitrogens is 1. The number of carboxylic acids is 1. The highest BCUT2D eigenvalue weighted by molar-refractivity contribution is 7.12. The number of nitrogens with one attached hydrogen (secondary N) is 2. The number of benzene rings is 3. The third-order valence-corrected chi connectivity index (χ3v) is 6.78. The van der Waals surface area contributed by atoms with Crippen molar-refractivity contribution in [1.29, 1.82) is 5.41 Å². The number of rotatable bonds is 8. The van der Waals surface area contributed by atoms with Crippen molar-refractivity contribution in [2.45, 2.75) is 13.3 Å². The molecule has 3 N–H and O–H groups in total. The summed E-state index contributed by atoms with van der Waals surface area (Å²) in [6, 6.07) is 25.1. The summed E-state index contributed by atoms with van der Waals surface area (Å²) in [4.78, 5) is 25.9. The summed E-state index contributed by atoms with van der Waals surface area (Å²) in [6.45, 7) is 8.60. The van der Waals surface area contributed by atoms with Crippen molar-refractivity contribution in [1.82, 2.24) is 4.98 Å². The molecule has 7 heteroatoms. The molecule has 0 spiro atoms. The largest absolute Gasteiger partial charge is 0.497 e. The van der Waals surface area contributed by atoms with Crippen LogP contribution in [-0.4, -0.2) is 34.7 Å². The van der Waals surface area contributed by atoms with E-state index in [1.54, 1.807) is 19.3 Å². The number of carbonyl (C=O) groups is 2. The van der Waals surface area contributed by atoms with Crippen LogP contribution >= 0.6 is 11.3 Å². The molecule has 5 aromatic rings. The van der Waals surface area contributed by atoms with E-state index < -0.39 is 5.97 Å². The van der Waals surface area contributed by atoms with Gasteiger partial charge in [-0.05, 0) is 65.0 Å². The summed E-state index contributed by atoms with van der Waals surface area (Å²) in [7, 11) is 1.66. The molecule has 5 rings (SSSR count). The zero-order valence-corrected chi connectivity index (χ0v) is 23.8. The molecule has 0 atom stereocenters. The van der Waals surface area contributed by atoms with Crippen LogP contribution in [0.4, 0.5) is 0 Å². The van der Waals surface area contributed by atoms with E-state index in [2.05, 4.69) is 18.1 Å². The van der Waals surface area contributed by atoms with E-state index in [4.69, 9.17) is 20.0 Å². The molecule has 0 unspecified atom stereocenters. The van der Waals surface area contributed by atoms with Gasteiger partial charge in [-0.25, -0.2) is 0 Å². The number of aliphatic carboxylic acids is 1. The third-order valence-electron chi connectivity index (χ3n) is 5.91. The summed E-state index contributed by atoms with van der Waals surface area (Å²) in [5, 5.41) is 19.8. The second-order valence-corrected chi connectivity index (χ2v) is 9.77. The van der Waals surface area contributed by atoms with Gasteiger partial charge in [0.25, 0.3) is 5.97 Å². The number of methoxy groups -OCH3 is 1. The van der Waals surface area contributed by atoms with E-state index in [9.17, 15) is 4.79 Å². The van der Waals surface area contributed by atoms with Gasteiger partial charge in [-0.1, -0.05) is 61.7 Å². The molecule has 0 saturated carbocycles. The molecule has 208 valence electrons. The fourth-order valence-electron chi connectivity index (χ4n) is 3.99. The van der Waals surface area contributed by atoms with E-state index in [-0.39, 0.29) is 5.78 Å². The second kappa shape index (κ2) is 15.0. The Balaban J connectivity index is 0.000000321. The van der Waals surface area contributed by atoms with E-state index in [1.165, 1.54) is 11.3 Å². The topological polar surface area (TPSA) is 103 Å². The van der Waals surface area contributed by atoms with E-state index in [0.717, 1.165) is 50.5 Å². The van der Waals surface area contributed by atoms with Gasteiger partial charge in [-0.15, -0.1) is 11.3 Å². The van der Waals surface area contributed by atoms with Crippen LogP contribution in [0.3, 0.4) is 0 Å². The minimum absolute atomic E-state index is 0.0327. The number of ether oxygens (including phenoxy) is 1. The van der Waals surface area contributed by atoms with Crippen LogP contribution in [0.25, 0.3) is 21.8 Å². The Labute approximate surface area is 243 Å². The number of carboxylic acid groups (broad SMARTS) is 1. The number of aromatic amines is 1. The van der Waals surface area contributed by atoms with Gasteiger partial charge in [-0.3, -0.25) is 9.59 Å². The third kappa shape index (κ3) is 8.49. The van der Waals surface area contributed by atoms with E-state index in [1.807, 2.05) is 90.3 Å². The molecule has 0 aliphatic heterocycles. The van der Waals surface area contributed by atoms with Crippen molar-refractivity contribution in [3.8, 4) is 5.75 Å². The number of fused-ring (bicyclic) bond motifs is 3. The molecule has 41 heavy (non-hydrogen) atoms. The Morgan fingerprint density at radius 1 is 0.951 bits per heavy atom. The van der Waals surface area contributed by atoms with E-state index in [0.29, 0.717) is 17.7 Å². The number of para-hydroxylation sites is 1. The fraction of sp³-hybridized carbons (Fsp3) is 0.0882. The smallest absolute Gasteiger partial charge is 0.300 e. The van der Waals surface area contributed by atoms with Gasteiger partial charge in [-0.2, -0.15) is 0 Å². The molecule has 0 aliphatic rings. The first-order chi connectivity index (χ1) is 19.8. The summed E-state index contributed by atoms with van der Waals surface area (Å²) in [5.74, 6) is 0.109. The van der Waals surface area contributed by atoms with Crippen molar-refractivity contribution < 1.29 is 19.4 Å². The maximum absolute atomic E-state index is 12.7. The van der Waals surface area contributed by atoms with Crippen molar-refractivity contribution >= 4 is 50.6 Å². The highest BCUT2D eigenvalue weighted by Crippen LogP contribution is 2.29. The van der Waals surface area contributed by atoms with Crippen LogP contribution in [0.15, 0.2) is 121 Å². The first-order valence-electron chi connectivity index (χ1n) is 12.7. The Morgan fingerprint density at radius 3 is 2.07 bits per heavy atom. The molecule has 0 aliphatic carbocycles. The van der Waals surface area contributed by atoms with Gasteiger partial charge in [0.05, 0.1) is 12.0 Å². The molecular weight excluding hydrogens is 532 g/mol. The van der Waals surface area contributed by atoms with Gasteiger partial charge in [0.15, 0.2) is 0 Å². The zero-order valence-electron chi connectivity index (χ0n) is 23.0. The quantitative estimate of drug-likeness (QED) is 0.0999. The van der Waals surface area contributed by atoms with Crippen LogP contribution in [0.1, 0.15) is 34.1 Å². The molecule has 0 saturated heterocycles. The Morgan fingerprint density at radius 2 is 1.56 bits per heavy atom. The lowest BCUT2D eigenvalue weighted by atomic mass is 9.99. The monoisotopic (exact) mass is 564 g/mol. The number of H-pyrrole nitrogens is 1. The summed E-state index contributed by atoms with van der Waals surface area (Å²) in [5.41, 5.74) is 4.95. The zero-order chi connectivity index (χ0) is 29.8. The minimum atomic E-state index is -0.833. The van der Waals surface area contributed by atoms with Gasteiger partial charge < -0.3 is 20.2 Å².